The standard InChI is InChI=1S/C11H12O4/c12-9(7-11(14)15)6-10(13)8-4-2-1-3-5-8/h1-5,10,13H,6-7H2,(H,14,15)/t10-/m0/s1. The third-order valence-corrected chi connectivity index (χ3v) is 1.95. The molecular weight excluding hydrogens is 196 g/mol. The van der Waals surface area contributed by atoms with E-state index < -0.39 is 24.3 Å². The lowest BCUT2D eigenvalue weighted by atomic mass is 10.0. The van der Waals surface area contributed by atoms with Crippen molar-refractivity contribution in [2.24, 2.45) is 0 Å². The molecule has 0 saturated carbocycles. The molecule has 0 unspecified atom stereocenters. The number of hydrogen-bond donors (Lipinski definition) is 2. The summed E-state index contributed by atoms with van der Waals surface area (Å²) in [5, 5.41) is 18.0. The highest BCUT2D eigenvalue weighted by Gasteiger charge is 2.14. The van der Waals surface area contributed by atoms with E-state index in [1.165, 1.54) is 0 Å². The Hall–Kier alpha value is -1.68. The number of Topliss-reactive ketones (excluding diaryl/α,β-unsaturated/α-hetero) is 1. The van der Waals surface area contributed by atoms with Gasteiger partial charge in [-0.2, -0.15) is 0 Å². The average Bonchev–Trinajstić information content (AvgIpc) is 2.17. The number of aliphatic hydroxyl groups excluding tert-OH is 1. The molecule has 0 amide bonds. The molecule has 4 nitrogen and oxygen atoms in total. The van der Waals surface area contributed by atoms with Gasteiger partial charge in [0, 0.05) is 6.42 Å². The van der Waals surface area contributed by atoms with Gasteiger partial charge in [-0.1, -0.05) is 30.3 Å². The summed E-state index contributed by atoms with van der Waals surface area (Å²) >= 11 is 0. The fraction of sp³-hybridized carbons (Fsp3) is 0.273. The minimum atomic E-state index is -1.17. The fourth-order valence-corrected chi connectivity index (χ4v) is 1.25. The van der Waals surface area contributed by atoms with Crippen molar-refractivity contribution in [2.45, 2.75) is 18.9 Å². The first kappa shape index (κ1) is 11.4. The van der Waals surface area contributed by atoms with Crippen molar-refractivity contribution in [3.05, 3.63) is 35.9 Å². The second-order valence-corrected chi connectivity index (χ2v) is 3.24. The molecule has 1 aromatic carbocycles. The Balaban J connectivity index is 2.53. The average molecular weight is 208 g/mol. The largest absolute Gasteiger partial charge is 0.481 e. The molecule has 4 heteroatoms. The summed E-state index contributed by atoms with van der Waals surface area (Å²) in [6.07, 6.45) is -1.61. The van der Waals surface area contributed by atoms with Crippen molar-refractivity contribution in [3.8, 4) is 0 Å². The monoisotopic (exact) mass is 208 g/mol. The van der Waals surface area contributed by atoms with Crippen LogP contribution in [0.1, 0.15) is 24.5 Å². The number of carboxylic acids is 1. The first-order valence-corrected chi connectivity index (χ1v) is 4.56. The third-order valence-electron chi connectivity index (χ3n) is 1.95. The number of aliphatic carboxylic acids is 1. The van der Waals surface area contributed by atoms with Gasteiger partial charge in [-0.3, -0.25) is 9.59 Å². The summed E-state index contributed by atoms with van der Waals surface area (Å²) in [6.45, 7) is 0. The molecule has 0 bridgehead atoms. The molecule has 0 saturated heterocycles. The Kier molecular flexibility index (Phi) is 4.00. The number of carbonyl (C=O) groups is 2. The van der Waals surface area contributed by atoms with Crippen molar-refractivity contribution in [1.82, 2.24) is 0 Å². The molecule has 0 spiro atoms. The van der Waals surface area contributed by atoms with E-state index in [1.54, 1.807) is 30.3 Å². The first-order valence-electron chi connectivity index (χ1n) is 4.56. The topological polar surface area (TPSA) is 74.6 Å². The van der Waals surface area contributed by atoms with Crippen LogP contribution in [0.3, 0.4) is 0 Å². The quantitative estimate of drug-likeness (QED) is 0.712. The number of carboxylic acid groups (broad SMARTS) is 1. The van der Waals surface area contributed by atoms with Gasteiger partial charge < -0.3 is 10.2 Å². The second-order valence-electron chi connectivity index (χ2n) is 3.24. The minimum absolute atomic E-state index is 0.156. The van der Waals surface area contributed by atoms with Gasteiger partial charge in [0.1, 0.15) is 12.2 Å². The van der Waals surface area contributed by atoms with Gasteiger partial charge in [0.25, 0.3) is 0 Å². The van der Waals surface area contributed by atoms with Gasteiger partial charge in [-0.15, -0.1) is 0 Å². The molecule has 0 aliphatic rings. The number of aliphatic hydroxyl groups is 1. The van der Waals surface area contributed by atoms with Gasteiger partial charge in [-0.25, -0.2) is 0 Å². The van der Waals surface area contributed by atoms with Crippen LogP contribution in [-0.4, -0.2) is 22.0 Å². The summed E-state index contributed by atoms with van der Waals surface area (Å²) in [5.41, 5.74) is 0.622. The van der Waals surface area contributed by atoms with E-state index >= 15 is 0 Å². The first-order chi connectivity index (χ1) is 7.09. The van der Waals surface area contributed by atoms with Crippen molar-refractivity contribution in [1.29, 1.82) is 0 Å². The molecule has 0 radical (unpaired) electrons. The molecule has 80 valence electrons. The Morgan fingerprint density at radius 1 is 1.20 bits per heavy atom. The van der Waals surface area contributed by atoms with E-state index in [9.17, 15) is 14.7 Å². The van der Waals surface area contributed by atoms with Crippen LogP contribution in [0.4, 0.5) is 0 Å². The van der Waals surface area contributed by atoms with Crippen molar-refractivity contribution in [3.63, 3.8) is 0 Å². The molecule has 0 aliphatic carbocycles. The Bertz CT molecular complexity index is 345. The second kappa shape index (κ2) is 5.26. The van der Waals surface area contributed by atoms with E-state index in [1.807, 2.05) is 0 Å². The molecule has 1 rings (SSSR count). The lowest BCUT2D eigenvalue weighted by Gasteiger charge is -2.08. The maximum atomic E-state index is 11.1. The summed E-state index contributed by atoms with van der Waals surface area (Å²) < 4.78 is 0. The molecule has 0 fully saturated rings. The van der Waals surface area contributed by atoms with Crippen molar-refractivity contribution in [2.75, 3.05) is 0 Å². The van der Waals surface area contributed by atoms with Crippen LogP contribution in [0.25, 0.3) is 0 Å². The molecule has 1 atom stereocenters. The highest BCUT2D eigenvalue weighted by Crippen LogP contribution is 2.16. The lowest BCUT2D eigenvalue weighted by molar-refractivity contribution is -0.140. The lowest BCUT2D eigenvalue weighted by Crippen LogP contribution is -2.11. The number of hydrogen-bond acceptors (Lipinski definition) is 3. The predicted molar refractivity (Wildman–Crippen MR) is 53.3 cm³/mol. The summed E-state index contributed by atoms with van der Waals surface area (Å²) in [4.78, 5) is 21.3. The number of ketones is 1. The van der Waals surface area contributed by atoms with Crippen LogP contribution < -0.4 is 0 Å². The van der Waals surface area contributed by atoms with E-state index in [2.05, 4.69) is 0 Å². The Morgan fingerprint density at radius 2 is 1.80 bits per heavy atom. The third kappa shape index (κ3) is 3.91. The van der Waals surface area contributed by atoms with Crippen molar-refractivity contribution < 1.29 is 19.8 Å². The minimum Gasteiger partial charge on any atom is -0.481 e. The smallest absolute Gasteiger partial charge is 0.310 e. The molecular formula is C11H12O4. The van der Waals surface area contributed by atoms with Crippen LogP contribution in [0, 0.1) is 0 Å². The summed E-state index contributed by atoms with van der Waals surface area (Å²) in [6, 6.07) is 8.69. The zero-order valence-electron chi connectivity index (χ0n) is 8.09. The molecule has 0 heterocycles. The summed E-state index contributed by atoms with van der Waals surface area (Å²) in [7, 11) is 0. The van der Waals surface area contributed by atoms with Gasteiger partial charge >= 0.3 is 5.97 Å². The van der Waals surface area contributed by atoms with Gasteiger partial charge in [0.2, 0.25) is 0 Å². The predicted octanol–water partition coefficient (Wildman–Crippen LogP) is 1.15. The number of benzene rings is 1. The zero-order valence-corrected chi connectivity index (χ0v) is 8.09. The van der Waals surface area contributed by atoms with Gasteiger partial charge in [-0.05, 0) is 5.56 Å². The molecule has 1 aromatic rings. The summed E-state index contributed by atoms with van der Waals surface area (Å²) in [5.74, 6) is -1.64. The molecule has 0 aliphatic heterocycles. The van der Waals surface area contributed by atoms with Crippen LogP contribution in [0.5, 0.6) is 0 Å². The number of carbonyl (C=O) groups excluding carboxylic acids is 1. The maximum Gasteiger partial charge on any atom is 0.310 e. The van der Waals surface area contributed by atoms with E-state index in [4.69, 9.17) is 5.11 Å². The zero-order chi connectivity index (χ0) is 11.3. The van der Waals surface area contributed by atoms with Crippen LogP contribution in [0.15, 0.2) is 30.3 Å². The van der Waals surface area contributed by atoms with Crippen LogP contribution in [-0.2, 0) is 9.59 Å². The highest BCUT2D eigenvalue weighted by atomic mass is 16.4. The molecule has 15 heavy (non-hydrogen) atoms. The van der Waals surface area contributed by atoms with Gasteiger partial charge in [0.15, 0.2) is 0 Å². The normalized spacial score (nSPS) is 12.1. The van der Waals surface area contributed by atoms with Crippen molar-refractivity contribution >= 4 is 11.8 Å². The Labute approximate surface area is 87.2 Å². The maximum absolute atomic E-state index is 11.1. The number of rotatable bonds is 5. The molecule has 0 aromatic heterocycles. The van der Waals surface area contributed by atoms with E-state index in [0.717, 1.165) is 0 Å². The van der Waals surface area contributed by atoms with Crippen LogP contribution in [0.2, 0.25) is 0 Å². The molecule has 2 N–H and O–H groups in total. The van der Waals surface area contributed by atoms with E-state index in [-0.39, 0.29) is 6.42 Å². The van der Waals surface area contributed by atoms with E-state index in [0.29, 0.717) is 5.56 Å². The SMILES string of the molecule is O=C(O)CC(=O)C[C@H](O)c1ccccc1. The fourth-order valence-electron chi connectivity index (χ4n) is 1.25. The highest BCUT2D eigenvalue weighted by molar-refractivity contribution is 5.94. The van der Waals surface area contributed by atoms with Crippen LogP contribution >= 0.6 is 0 Å². The van der Waals surface area contributed by atoms with Gasteiger partial charge in [0.05, 0.1) is 6.10 Å². The Morgan fingerprint density at radius 3 is 2.33 bits per heavy atom.